The number of alkyl halides is 1. The van der Waals surface area contributed by atoms with Gasteiger partial charge in [0.15, 0.2) is 0 Å². The number of hydrogen-bond acceptors (Lipinski definition) is 1. The molecule has 0 aromatic rings. The molecule has 1 saturated heterocycles. The molecule has 0 spiro atoms. The van der Waals surface area contributed by atoms with Gasteiger partial charge in [-0.15, -0.1) is 0 Å². The van der Waals surface area contributed by atoms with Crippen LogP contribution < -0.4 is 5.32 Å². The predicted molar refractivity (Wildman–Crippen MR) is 24.5 cm³/mol. The Kier molecular flexibility index (Phi) is 4.80. The van der Waals surface area contributed by atoms with Crippen molar-refractivity contribution in [3.8, 4) is 0 Å². The summed E-state index contributed by atoms with van der Waals surface area (Å²) >= 11 is 0. The van der Waals surface area contributed by atoms with Crippen molar-refractivity contribution in [1.29, 1.82) is 0 Å². The lowest BCUT2D eigenvalue weighted by Gasteiger charge is -2.09. The lowest BCUT2D eigenvalue weighted by atomic mass is 10.3. The second kappa shape index (κ2) is 4.89. The van der Waals surface area contributed by atoms with Gasteiger partial charge in [-0.05, 0) is 19.5 Å². The van der Waals surface area contributed by atoms with Crippen molar-refractivity contribution in [2.45, 2.75) is 6.42 Å². The van der Waals surface area contributed by atoms with Gasteiger partial charge in [-0.25, -0.2) is 0 Å². The molecular formula is C4H10FN. The Hall–Kier alpha value is -0.110. The minimum Gasteiger partial charge on any atom is -0.317 e. The van der Waals surface area contributed by atoms with E-state index in [-0.39, 0.29) is 0 Å². The highest BCUT2D eigenvalue weighted by Gasteiger charge is 1.92. The van der Waals surface area contributed by atoms with E-state index in [1.54, 1.807) is 0 Å². The molecule has 6 heavy (non-hydrogen) atoms. The van der Waals surface area contributed by atoms with Gasteiger partial charge in [-0.2, -0.15) is 0 Å². The third-order valence-corrected chi connectivity index (χ3v) is 0.707. The first kappa shape index (κ1) is 5.89. The van der Waals surface area contributed by atoms with Gasteiger partial charge in [0.25, 0.3) is 0 Å². The quantitative estimate of drug-likeness (QED) is 0.459. The second-order valence-electron chi connectivity index (χ2n) is 1.10. The summed E-state index contributed by atoms with van der Waals surface area (Å²) in [4.78, 5) is 0. The monoisotopic (exact) mass is 91.1 g/mol. The maximum absolute atomic E-state index is 9.50. The summed E-state index contributed by atoms with van der Waals surface area (Å²) in [6, 6.07) is 0. The van der Waals surface area contributed by atoms with Gasteiger partial charge >= 0.3 is 0 Å². The first-order valence-electron chi connectivity index (χ1n) is 2.09. The number of rotatable bonds is 0. The van der Waals surface area contributed by atoms with Gasteiger partial charge in [-0.1, -0.05) is 0 Å². The fourth-order valence-corrected chi connectivity index (χ4v) is 0.177. The molecule has 1 rings (SSSR count). The molecule has 0 aliphatic carbocycles. The van der Waals surface area contributed by atoms with Crippen LogP contribution in [0.2, 0.25) is 0 Å². The highest BCUT2D eigenvalue weighted by atomic mass is 19.1. The molecule has 1 aliphatic rings. The Labute approximate surface area is 37.5 Å². The summed E-state index contributed by atoms with van der Waals surface area (Å²) < 4.78 is 9.50. The molecule has 1 heterocycles. The standard InChI is InChI=1S/C3H7N.CH3F/c1-2-4-3-1;1-2/h4H,1-3H2;1H3. The van der Waals surface area contributed by atoms with E-state index in [4.69, 9.17) is 0 Å². The van der Waals surface area contributed by atoms with Crippen LogP contribution in [0, 0.1) is 0 Å². The largest absolute Gasteiger partial charge is 0.317 e. The Morgan fingerprint density at radius 1 is 1.33 bits per heavy atom. The molecule has 0 atom stereocenters. The van der Waals surface area contributed by atoms with Gasteiger partial charge in [0.1, 0.15) is 0 Å². The highest BCUT2D eigenvalue weighted by molar-refractivity contribution is 4.56. The zero-order valence-electron chi connectivity index (χ0n) is 4.00. The van der Waals surface area contributed by atoms with E-state index >= 15 is 0 Å². The van der Waals surface area contributed by atoms with Crippen molar-refractivity contribution >= 4 is 0 Å². The van der Waals surface area contributed by atoms with Crippen molar-refractivity contribution in [3.63, 3.8) is 0 Å². The molecule has 1 N–H and O–H groups in total. The van der Waals surface area contributed by atoms with Crippen molar-refractivity contribution in [3.05, 3.63) is 0 Å². The lowest BCUT2D eigenvalue weighted by Crippen LogP contribution is -2.29. The summed E-state index contributed by atoms with van der Waals surface area (Å²) in [5, 5.41) is 3.11. The Morgan fingerprint density at radius 3 is 1.50 bits per heavy atom. The third-order valence-electron chi connectivity index (χ3n) is 0.707. The fourth-order valence-electron chi connectivity index (χ4n) is 0.177. The molecule has 0 amide bonds. The Balaban J connectivity index is 0.000000112. The smallest absolute Gasteiger partial charge is 0.0785 e. The average Bonchev–Trinajstić information content (AvgIpc) is 1.36. The van der Waals surface area contributed by atoms with Crippen LogP contribution in [0.15, 0.2) is 0 Å². The molecule has 1 fully saturated rings. The van der Waals surface area contributed by atoms with E-state index in [1.807, 2.05) is 0 Å². The lowest BCUT2D eigenvalue weighted by molar-refractivity contribution is 0.527. The number of halogens is 1. The molecule has 2 heteroatoms. The molecular weight excluding hydrogens is 81.0 g/mol. The molecule has 0 aromatic carbocycles. The van der Waals surface area contributed by atoms with E-state index in [2.05, 4.69) is 5.32 Å². The van der Waals surface area contributed by atoms with Crippen molar-refractivity contribution in [1.82, 2.24) is 5.32 Å². The maximum atomic E-state index is 9.50. The van der Waals surface area contributed by atoms with Crippen molar-refractivity contribution in [2.75, 3.05) is 20.3 Å². The SMILES string of the molecule is C1CNC1.CF. The van der Waals surface area contributed by atoms with Crippen LogP contribution in [0.1, 0.15) is 6.42 Å². The molecule has 0 bridgehead atoms. The van der Waals surface area contributed by atoms with Crippen LogP contribution >= 0.6 is 0 Å². The predicted octanol–water partition coefficient (Wildman–Crippen LogP) is 0.565. The minimum absolute atomic E-state index is 0.500. The molecule has 0 radical (unpaired) electrons. The van der Waals surface area contributed by atoms with Crippen LogP contribution in [-0.2, 0) is 0 Å². The summed E-state index contributed by atoms with van der Waals surface area (Å²) in [7, 11) is 0.500. The second-order valence-corrected chi connectivity index (χ2v) is 1.10. The summed E-state index contributed by atoms with van der Waals surface area (Å²) in [5.74, 6) is 0. The fraction of sp³-hybridized carbons (Fsp3) is 1.00. The number of nitrogens with one attached hydrogen (secondary N) is 1. The van der Waals surface area contributed by atoms with Gasteiger partial charge in [-0.3, -0.25) is 4.39 Å². The van der Waals surface area contributed by atoms with Gasteiger partial charge in [0.2, 0.25) is 0 Å². The summed E-state index contributed by atoms with van der Waals surface area (Å²) in [5.41, 5.74) is 0. The maximum Gasteiger partial charge on any atom is 0.0785 e. The summed E-state index contributed by atoms with van der Waals surface area (Å²) in [6.45, 7) is 2.50. The van der Waals surface area contributed by atoms with Crippen molar-refractivity contribution < 1.29 is 4.39 Å². The summed E-state index contributed by atoms with van der Waals surface area (Å²) in [6.07, 6.45) is 1.39. The van der Waals surface area contributed by atoms with Gasteiger partial charge in [0.05, 0.1) is 7.18 Å². The number of hydrogen-bond donors (Lipinski definition) is 1. The normalized spacial score (nSPS) is 17.0. The van der Waals surface area contributed by atoms with Gasteiger partial charge < -0.3 is 5.32 Å². The highest BCUT2D eigenvalue weighted by Crippen LogP contribution is 1.80. The Morgan fingerprint density at radius 2 is 1.50 bits per heavy atom. The molecule has 1 nitrogen and oxygen atoms in total. The van der Waals surface area contributed by atoms with Crippen LogP contribution in [0.5, 0.6) is 0 Å². The van der Waals surface area contributed by atoms with E-state index in [1.165, 1.54) is 19.5 Å². The van der Waals surface area contributed by atoms with E-state index in [9.17, 15) is 4.39 Å². The minimum atomic E-state index is 0.500. The van der Waals surface area contributed by atoms with Crippen LogP contribution in [0.4, 0.5) is 4.39 Å². The van der Waals surface area contributed by atoms with Crippen molar-refractivity contribution in [2.24, 2.45) is 0 Å². The Bertz CT molecular complexity index is 15.5. The van der Waals surface area contributed by atoms with E-state index < -0.39 is 0 Å². The van der Waals surface area contributed by atoms with E-state index in [0.717, 1.165) is 0 Å². The molecule has 0 unspecified atom stereocenters. The van der Waals surface area contributed by atoms with E-state index in [0.29, 0.717) is 7.18 Å². The van der Waals surface area contributed by atoms with Crippen LogP contribution in [0.3, 0.4) is 0 Å². The zero-order valence-corrected chi connectivity index (χ0v) is 4.00. The molecule has 38 valence electrons. The molecule has 1 aliphatic heterocycles. The van der Waals surface area contributed by atoms with Gasteiger partial charge in [0, 0.05) is 0 Å². The first-order valence-corrected chi connectivity index (χ1v) is 2.09. The third kappa shape index (κ3) is 2.15. The molecule has 0 saturated carbocycles. The molecule has 0 aromatic heterocycles. The zero-order chi connectivity index (χ0) is 4.83. The average molecular weight is 91.1 g/mol. The first-order chi connectivity index (χ1) is 3.00. The topological polar surface area (TPSA) is 12.0 Å². The van der Waals surface area contributed by atoms with Crippen LogP contribution in [0.25, 0.3) is 0 Å². The van der Waals surface area contributed by atoms with Crippen LogP contribution in [-0.4, -0.2) is 20.3 Å².